The highest BCUT2D eigenvalue weighted by atomic mass is 32.2. The lowest BCUT2D eigenvalue weighted by molar-refractivity contribution is -0.368. The van der Waals surface area contributed by atoms with E-state index in [4.69, 9.17) is 4.42 Å². The summed E-state index contributed by atoms with van der Waals surface area (Å²) in [6.07, 6.45) is 4.32. The predicted octanol–water partition coefficient (Wildman–Crippen LogP) is 2.32. The second-order valence-corrected chi connectivity index (χ2v) is 5.33. The number of quaternary nitrogens is 1. The third-order valence-electron chi connectivity index (χ3n) is 2.79. The number of unbranched alkanes of at least 4 members (excludes halogenated alkanes) is 2. The van der Waals surface area contributed by atoms with Gasteiger partial charge in [0, 0.05) is 12.2 Å². The normalized spacial score (nSPS) is 10.8. The zero-order chi connectivity index (χ0) is 13.3. The molecule has 1 aromatic heterocycles. The van der Waals surface area contributed by atoms with Crippen molar-refractivity contribution in [1.82, 2.24) is 10.2 Å². The first-order valence-corrected chi connectivity index (χ1v) is 7.65. The fourth-order valence-electron chi connectivity index (χ4n) is 1.75. The highest BCUT2D eigenvalue weighted by Gasteiger charge is 2.06. The van der Waals surface area contributed by atoms with E-state index in [1.165, 1.54) is 18.4 Å². The zero-order valence-corrected chi connectivity index (χ0v) is 11.9. The molecule has 0 bridgehead atoms. The quantitative estimate of drug-likeness (QED) is 0.594. The van der Waals surface area contributed by atoms with E-state index in [1.54, 1.807) is 11.8 Å². The number of thioether (sulfide) groups is 1. The second kappa shape index (κ2) is 7.96. The first-order valence-electron chi connectivity index (χ1n) is 6.67. The van der Waals surface area contributed by atoms with Gasteiger partial charge in [-0.25, -0.2) is 0 Å². The summed E-state index contributed by atoms with van der Waals surface area (Å²) >= 11 is 1.59. The van der Waals surface area contributed by atoms with Crippen LogP contribution in [0.25, 0.3) is 0 Å². The van der Waals surface area contributed by atoms with Crippen LogP contribution in [0.15, 0.2) is 40.0 Å². The molecular formula is C14H20N3OS+. The van der Waals surface area contributed by atoms with Gasteiger partial charge >= 0.3 is 0 Å². The Kier molecular flexibility index (Phi) is 5.91. The maximum atomic E-state index is 5.61. The molecule has 5 heteroatoms. The third kappa shape index (κ3) is 5.04. The maximum Gasteiger partial charge on any atom is 0.276 e. The lowest BCUT2D eigenvalue weighted by Crippen LogP contribution is -2.50. The van der Waals surface area contributed by atoms with Gasteiger partial charge in [-0.15, -0.1) is 10.2 Å². The van der Waals surface area contributed by atoms with Crippen LogP contribution in [0.3, 0.4) is 0 Å². The van der Waals surface area contributed by atoms with Crippen molar-refractivity contribution in [3.8, 4) is 0 Å². The Labute approximate surface area is 117 Å². The summed E-state index contributed by atoms with van der Waals surface area (Å²) in [6.45, 7) is 1.00. The first-order chi connectivity index (χ1) is 9.38. The zero-order valence-electron chi connectivity index (χ0n) is 11.0. The minimum absolute atomic E-state index is 0.663. The van der Waals surface area contributed by atoms with E-state index in [9.17, 15) is 0 Å². The Balaban J connectivity index is 1.74. The molecule has 0 radical (unpaired) electrons. The molecule has 0 amide bonds. The molecule has 4 nitrogen and oxygen atoms in total. The molecule has 0 fully saturated rings. The summed E-state index contributed by atoms with van der Waals surface area (Å²) < 4.78 is 5.61. The highest BCUT2D eigenvalue weighted by Crippen LogP contribution is 2.21. The van der Waals surface area contributed by atoms with Crippen molar-refractivity contribution in [3.63, 3.8) is 0 Å². The van der Waals surface area contributed by atoms with Gasteiger partial charge in [0.05, 0.1) is 6.54 Å². The van der Waals surface area contributed by atoms with E-state index in [0.29, 0.717) is 5.22 Å². The second-order valence-electron chi connectivity index (χ2n) is 4.40. The summed E-state index contributed by atoms with van der Waals surface area (Å²) in [5.41, 5.74) is 5.10. The van der Waals surface area contributed by atoms with Crippen molar-refractivity contribution in [2.24, 2.45) is 0 Å². The summed E-state index contributed by atoms with van der Waals surface area (Å²) in [5.74, 6) is 1.61. The Morgan fingerprint density at radius 2 is 1.89 bits per heavy atom. The molecule has 1 aromatic carbocycles. The van der Waals surface area contributed by atoms with E-state index in [0.717, 1.165) is 31.0 Å². The molecule has 2 rings (SSSR count). The summed E-state index contributed by atoms with van der Waals surface area (Å²) in [7, 11) is 0. The number of nitrogens with zero attached hydrogens (tertiary/aromatic N) is 2. The van der Waals surface area contributed by atoms with Crippen LogP contribution in [0, 0.1) is 0 Å². The molecule has 0 aliphatic carbocycles. The van der Waals surface area contributed by atoms with E-state index in [2.05, 4.69) is 28.1 Å². The van der Waals surface area contributed by atoms with Crippen LogP contribution in [0.5, 0.6) is 0 Å². The molecule has 3 N–H and O–H groups in total. The van der Waals surface area contributed by atoms with Crippen LogP contribution in [0.4, 0.5) is 0 Å². The van der Waals surface area contributed by atoms with Crippen LogP contribution in [0.1, 0.15) is 30.7 Å². The number of aryl methyl sites for hydroxylation is 1. The molecule has 0 atom stereocenters. The summed E-state index contributed by atoms with van der Waals surface area (Å²) in [6, 6.07) is 10.3. The SMILES string of the molecule is [NH3+]CCCCCc1nnc(SCc2ccccc2)o1. The molecule has 102 valence electrons. The smallest absolute Gasteiger partial charge is 0.276 e. The molecular weight excluding hydrogens is 258 g/mol. The fraction of sp³-hybridized carbons (Fsp3) is 0.429. The van der Waals surface area contributed by atoms with Gasteiger partial charge in [0.2, 0.25) is 5.89 Å². The molecule has 1 heterocycles. The van der Waals surface area contributed by atoms with Gasteiger partial charge in [0.1, 0.15) is 0 Å². The Bertz CT molecular complexity index is 473. The van der Waals surface area contributed by atoms with Crippen LogP contribution in [-0.2, 0) is 12.2 Å². The number of hydrogen-bond donors (Lipinski definition) is 1. The summed E-state index contributed by atoms with van der Waals surface area (Å²) in [5, 5.41) is 8.80. The molecule has 0 saturated carbocycles. The fourth-order valence-corrected chi connectivity index (χ4v) is 2.48. The lowest BCUT2D eigenvalue weighted by Gasteiger charge is -1.96. The largest absolute Gasteiger partial charge is 0.416 e. The topological polar surface area (TPSA) is 66.6 Å². The predicted molar refractivity (Wildman–Crippen MR) is 75.6 cm³/mol. The molecule has 0 spiro atoms. The van der Waals surface area contributed by atoms with Crippen molar-refractivity contribution in [2.45, 2.75) is 36.7 Å². The first kappa shape index (κ1) is 14.1. The van der Waals surface area contributed by atoms with E-state index < -0.39 is 0 Å². The van der Waals surface area contributed by atoms with Crippen molar-refractivity contribution in [2.75, 3.05) is 6.54 Å². The van der Waals surface area contributed by atoms with Gasteiger partial charge < -0.3 is 10.2 Å². The molecule has 19 heavy (non-hydrogen) atoms. The number of hydrogen-bond acceptors (Lipinski definition) is 4. The standard InChI is InChI=1S/C14H19N3OS/c15-10-6-2-5-9-13-16-17-14(18-13)19-11-12-7-3-1-4-8-12/h1,3-4,7-8H,2,5-6,9-11,15H2/p+1. The van der Waals surface area contributed by atoms with E-state index >= 15 is 0 Å². The van der Waals surface area contributed by atoms with Gasteiger partial charge in [-0.05, 0) is 24.8 Å². The number of benzene rings is 1. The van der Waals surface area contributed by atoms with Gasteiger partial charge in [-0.1, -0.05) is 42.1 Å². The van der Waals surface area contributed by atoms with E-state index in [-0.39, 0.29) is 0 Å². The van der Waals surface area contributed by atoms with Crippen molar-refractivity contribution >= 4 is 11.8 Å². The van der Waals surface area contributed by atoms with Crippen LogP contribution in [-0.4, -0.2) is 16.7 Å². The van der Waals surface area contributed by atoms with Crippen molar-refractivity contribution < 1.29 is 10.2 Å². The third-order valence-corrected chi connectivity index (χ3v) is 3.68. The molecule has 2 aromatic rings. The van der Waals surface area contributed by atoms with Gasteiger partial charge in [0.15, 0.2) is 0 Å². The van der Waals surface area contributed by atoms with Crippen LogP contribution < -0.4 is 5.73 Å². The highest BCUT2D eigenvalue weighted by molar-refractivity contribution is 7.98. The lowest BCUT2D eigenvalue weighted by atomic mass is 10.2. The average Bonchev–Trinajstić information content (AvgIpc) is 2.91. The monoisotopic (exact) mass is 278 g/mol. The minimum atomic E-state index is 0.663. The van der Waals surface area contributed by atoms with Gasteiger partial charge in [0.25, 0.3) is 5.22 Å². The van der Waals surface area contributed by atoms with Gasteiger partial charge in [-0.2, -0.15) is 0 Å². The molecule has 0 aliphatic rings. The molecule has 0 aliphatic heterocycles. The Hall–Kier alpha value is -1.33. The minimum Gasteiger partial charge on any atom is -0.416 e. The maximum absolute atomic E-state index is 5.61. The van der Waals surface area contributed by atoms with Crippen molar-refractivity contribution in [3.05, 3.63) is 41.8 Å². The van der Waals surface area contributed by atoms with E-state index in [1.807, 2.05) is 18.2 Å². The number of aromatic nitrogens is 2. The Morgan fingerprint density at radius 3 is 2.68 bits per heavy atom. The van der Waals surface area contributed by atoms with Crippen LogP contribution in [0.2, 0.25) is 0 Å². The Morgan fingerprint density at radius 1 is 1.05 bits per heavy atom. The van der Waals surface area contributed by atoms with Gasteiger partial charge in [-0.3, -0.25) is 0 Å². The molecule has 0 saturated heterocycles. The number of rotatable bonds is 8. The average molecular weight is 278 g/mol. The molecule has 0 unspecified atom stereocenters. The van der Waals surface area contributed by atoms with Crippen LogP contribution >= 0.6 is 11.8 Å². The van der Waals surface area contributed by atoms with Crippen molar-refractivity contribution in [1.29, 1.82) is 0 Å². The summed E-state index contributed by atoms with van der Waals surface area (Å²) in [4.78, 5) is 0.